The zero-order valence-electron chi connectivity index (χ0n) is 17.6. The third kappa shape index (κ3) is 6.41. The molecule has 3 rings (SSSR count). The van der Waals surface area contributed by atoms with Crippen LogP contribution in [0.3, 0.4) is 0 Å². The van der Waals surface area contributed by atoms with Gasteiger partial charge >= 0.3 is 0 Å². The van der Waals surface area contributed by atoms with Crippen LogP contribution in [0.2, 0.25) is 0 Å². The van der Waals surface area contributed by atoms with E-state index < -0.39 is 0 Å². The van der Waals surface area contributed by atoms with Gasteiger partial charge in [0.05, 0.1) is 6.54 Å². The maximum absolute atomic E-state index is 12.4. The number of carbonyl (C=O) groups excluding carboxylic acids is 1. The number of hydrogen-bond acceptors (Lipinski definition) is 4. The number of hydrogen-bond donors (Lipinski definition) is 3. The van der Waals surface area contributed by atoms with Crippen LogP contribution in [0.5, 0.6) is 0 Å². The second kappa shape index (κ2) is 10.4. The summed E-state index contributed by atoms with van der Waals surface area (Å²) in [5.41, 5.74) is 2.15. The Hall–Kier alpha value is -2.69. The molecule has 0 saturated heterocycles. The number of guanidine groups is 1. The fourth-order valence-electron chi connectivity index (χ4n) is 2.82. The van der Waals surface area contributed by atoms with E-state index in [1.165, 1.54) is 0 Å². The van der Waals surface area contributed by atoms with Crippen LogP contribution in [-0.2, 0) is 13.1 Å². The van der Waals surface area contributed by atoms with Crippen molar-refractivity contribution in [3.05, 3.63) is 65.6 Å². The van der Waals surface area contributed by atoms with Gasteiger partial charge in [0.2, 0.25) is 0 Å². The summed E-state index contributed by atoms with van der Waals surface area (Å²) in [6.45, 7) is 6.91. The summed E-state index contributed by atoms with van der Waals surface area (Å²) in [7, 11) is 1.71. The Labute approximate surface area is 193 Å². The van der Waals surface area contributed by atoms with E-state index in [-0.39, 0.29) is 35.4 Å². The number of fused-ring (bicyclic) bond motifs is 1. The van der Waals surface area contributed by atoms with E-state index in [1.807, 2.05) is 73.8 Å². The largest absolute Gasteiger partial charge is 0.352 e. The molecule has 0 bridgehead atoms. The number of amides is 1. The third-order valence-electron chi connectivity index (χ3n) is 4.16. The van der Waals surface area contributed by atoms with Crippen LogP contribution >= 0.6 is 24.0 Å². The molecule has 0 aliphatic heterocycles. The van der Waals surface area contributed by atoms with Gasteiger partial charge in [-0.3, -0.25) is 14.2 Å². The van der Waals surface area contributed by atoms with E-state index in [0.717, 1.165) is 17.0 Å². The predicted octanol–water partition coefficient (Wildman–Crippen LogP) is 2.74. The molecule has 0 unspecified atom stereocenters. The molecule has 0 saturated carbocycles. The number of pyridine rings is 1. The molecule has 9 heteroatoms. The maximum atomic E-state index is 12.4. The predicted molar refractivity (Wildman–Crippen MR) is 129 cm³/mol. The normalized spacial score (nSPS) is 11.7. The van der Waals surface area contributed by atoms with Gasteiger partial charge in [-0.25, -0.2) is 0 Å². The van der Waals surface area contributed by atoms with Crippen molar-refractivity contribution in [1.82, 2.24) is 30.5 Å². The molecule has 30 heavy (non-hydrogen) atoms. The highest BCUT2D eigenvalue weighted by Crippen LogP contribution is 2.08. The van der Waals surface area contributed by atoms with Crippen LogP contribution in [-0.4, -0.2) is 39.1 Å². The Morgan fingerprint density at radius 3 is 2.57 bits per heavy atom. The molecule has 0 fully saturated rings. The first-order valence-corrected chi connectivity index (χ1v) is 9.50. The Kier molecular flexibility index (Phi) is 8.16. The lowest BCUT2D eigenvalue weighted by Gasteiger charge is -2.20. The molecule has 0 aliphatic rings. The van der Waals surface area contributed by atoms with Crippen LogP contribution in [0.15, 0.2) is 53.7 Å². The number of aliphatic imine (C=N–C) groups is 1. The minimum Gasteiger partial charge on any atom is -0.352 e. The van der Waals surface area contributed by atoms with Gasteiger partial charge < -0.3 is 16.0 Å². The van der Waals surface area contributed by atoms with Crippen molar-refractivity contribution < 1.29 is 4.79 Å². The first-order chi connectivity index (χ1) is 13.9. The van der Waals surface area contributed by atoms with Crippen molar-refractivity contribution in [3.8, 4) is 0 Å². The highest BCUT2D eigenvalue weighted by molar-refractivity contribution is 14.0. The van der Waals surface area contributed by atoms with Gasteiger partial charge in [0.15, 0.2) is 17.4 Å². The van der Waals surface area contributed by atoms with E-state index in [0.29, 0.717) is 24.6 Å². The molecule has 0 atom stereocenters. The first-order valence-electron chi connectivity index (χ1n) is 9.50. The van der Waals surface area contributed by atoms with Gasteiger partial charge in [0, 0.05) is 30.9 Å². The monoisotopic (exact) mass is 521 g/mol. The number of rotatable bonds is 5. The SMILES string of the molecule is CN=C(NCc1cccc(C(=O)NC(C)(C)C)c1)NCc1nnc2ccccn12.I. The van der Waals surface area contributed by atoms with E-state index in [1.54, 1.807) is 7.05 Å². The second-order valence-electron chi connectivity index (χ2n) is 7.73. The third-order valence-corrected chi connectivity index (χ3v) is 4.16. The van der Waals surface area contributed by atoms with Gasteiger partial charge in [-0.05, 0) is 50.6 Å². The lowest BCUT2D eigenvalue weighted by Crippen LogP contribution is -2.40. The van der Waals surface area contributed by atoms with Crippen molar-refractivity contribution in [2.75, 3.05) is 7.05 Å². The lowest BCUT2D eigenvalue weighted by molar-refractivity contribution is 0.0919. The molecule has 0 aliphatic carbocycles. The summed E-state index contributed by atoms with van der Waals surface area (Å²) in [5.74, 6) is 1.35. The zero-order valence-corrected chi connectivity index (χ0v) is 20.0. The van der Waals surface area contributed by atoms with Gasteiger partial charge in [-0.2, -0.15) is 0 Å². The van der Waals surface area contributed by atoms with Crippen molar-refractivity contribution >= 4 is 41.5 Å². The van der Waals surface area contributed by atoms with E-state index in [9.17, 15) is 4.79 Å². The zero-order chi connectivity index (χ0) is 20.9. The van der Waals surface area contributed by atoms with Crippen LogP contribution in [0, 0.1) is 0 Å². The fourth-order valence-corrected chi connectivity index (χ4v) is 2.82. The molecule has 3 aromatic rings. The summed E-state index contributed by atoms with van der Waals surface area (Å²) in [6.07, 6.45) is 1.93. The number of nitrogens with one attached hydrogen (secondary N) is 3. The summed E-state index contributed by atoms with van der Waals surface area (Å²) >= 11 is 0. The van der Waals surface area contributed by atoms with Gasteiger partial charge in [-0.15, -0.1) is 34.2 Å². The van der Waals surface area contributed by atoms with Gasteiger partial charge in [-0.1, -0.05) is 18.2 Å². The average Bonchev–Trinajstić information content (AvgIpc) is 3.10. The van der Waals surface area contributed by atoms with Gasteiger partial charge in [0.25, 0.3) is 5.91 Å². The first kappa shape index (κ1) is 23.6. The Morgan fingerprint density at radius 2 is 1.83 bits per heavy atom. The van der Waals surface area contributed by atoms with Crippen molar-refractivity contribution in [1.29, 1.82) is 0 Å². The highest BCUT2D eigenvalue weighted by atomic mass is 127. The average molecular weight is 521 g/mol. The fraction of sp³-hybridized carbons (Fsp3) is 0.333. The minimum atomic E-state index is -0.275. The quantitative estimate of drug-likeness (QED) is 0.273. The standard InChI is InChI=1S/C21H27N7O.HI/c1-21(2,3)25-19(29)16-9-7-8-15(12-16)13-23-20(22-4)24-14-18-27-26-17-10-5-6-11-28(17)18;/h5-12H,13-14H2,1-4H3,(H,25,29)(H2,22,23,24);1H. The highest BCUT2D eigenvalue weighted by Gasteiger charge is 2.15. The van der Waals surface area contributed by atoms with Crippen LogP contribution in [0.1, 0.15) is 42.5 Å². The second-order valence-corrected chi connectivity index (χ2v) is 7.73. The number of aromatic nitrogens is 3. The molecular weight excluding hydrogens is 493 g/mol. The topological polar surface area (TPSA) is 95.7 Å². The Morgan fingerprint density at radius 1 is 1.07 bits per heavy atom. The van der Waals surface area contributed by atoms with Crippen LogP contribution < -0.4 is 16.0 Å². The van der Waals surface area contributed by atoms with Crippen molar-refractivity contribution in [3.63, 3.8) is 0 Å². The smallest absolute Gasteiger partial charge is 0.251 e. The van der Waals surface area contributed by atoms with Crippen molar-refractivity contribution in [2.45, 2.75) is 39.4 Å². The molecule has 2 aromatic heterocycles. The van der Waals surface area contributed by atoms with Crippen LogP contribution in [0.4, 0.5) is 0 Å². The molecule has 2 heterocycles. The van der Waals surface area contributed by atoms with Crippen molar-refractivity contribution in [2.24, 2.45) is 4.99 Å². The Balaban J connectivity index is 0.00000320. The lowest BCUT2D eigenvalue weighted by atomic mass is 10.1. The minimum absolute atomic E-state index is 0. The molecule has 160 valence electrons. The summed E-state index contributed by atoms with van der Waals surface area (Å²) < 4.78 is 1.93. The van der Waals surface area contributed by atoms with E-state index >= 15 is 0 Å². The number of carbonyl (C=O) groups is 1. The molecule has 0 spiro atoms. The van der Waals surface area contributed by atoms with E-state index in [4.69, 9.17) is 0 Å². The van der Waals surface area contributed by atoms with Gasteiger partial charge in [0.1, 0.15) is 0 Å². The molecular formula is C21H28IN7O. The van der Waals surface area contributed by atoms with E-state index in [2.05, 4.69) is 31.1 Å². The van der Waals surface area contributed by atoms with Crippen LogP contribution in [0.25, 0.3) is 5.65 Å². The molecule has 3 N–H and O–H groups in total. The Bertz CT molecular complexity index is 1020. The summed E-state index contributed by atoms with van der Waals surface area (Å²) in [6, 6.07) is 13.3. The number of nitrogens with zero attached hydrogens (tertiary/aromatic N) is 4. The number of benzene rings is 1. The molecule has 8 nitrogen and oxygen atoms in total. The molecule has 0 radical (unpaired) electrons. The molecule has 1 amide bonds. The molecule has 1 aromatic carbocycles. The number of halogens is 1. The maximum Gasteiger partial charge on any atom is 0.251 e. The summed E-state index contributed by atoms with van der Waals surface area (Å²) in [5, 5.41) is 17.8. The summed E-state index contributed by atoms with van der Waals surface area (Å²) in [4.78, 5) is 16.6.